The molecular weight excluding hydrogens is 480 g/mol. The van der Waals surface area contributed by atoms with Gasteiger partial charge in [-0.15, -0.1) is 23.1 Å². The summed E-state index contributed by atoms with van der Waals surface area (Å²) in [7, 11) is 1.30. The molecule has 1 fully saturated rings. The number of nitrogens with one attached hydrogen (secondary N) is 2. The lowest BCUT2D eigenvalue weighted by atomic mass is 10.0. The predicted molar refractivity (Wildman–Crippen MR) is 121 cm³/mol. The van der Waals surface area contributed by atoms with Gasteiger partial charge in [-0.1, -0.05) is 5.16 Å². The zero-order valence-corrected chi connectivity index (χ0v) is 19.4. The number of amides is 2. The number of pyridine rings is 1. The summed E-state index contributed by atoms with van der Waals surface area (Å²) >= 11 is 2.98. The molecule has 2 N–H and O–H groups in total. The normalized spacial score (nSPS) is 20.2. The standard InChI is InChI=1S/C21H18N6O5S2/c1-32-25-15(12-4-6-22-24-12)18(28)23-16-19(29)27-17(21(30)31)11(10-34-20(16)27)9-26-7-2-3-14-13(26)5-8-33-14/h2-8,16,20H,9-10H2,1H3,(H2-,22,23,24,25,28,30,31)/t16?,20-/m1/s1. The van der Waals surface area contributed by atoms with Gasteiger partial charge < -0.3 is 20.1 Å². The number of hydrogen-bond donors (Lipinski definition) is 2. The molecule has 2 atom stereocenters. The number of carboxylic acids is 1. The lowest BCUT2D eigenvalue weighted by Crippen LogP contribution is -2.71. The summed E-state index contributed by atoms with van der Waals surface area (Å²) in [5.41, 5.74) is 1.65. The third-order valence-corrected chi connectivity index (χ3v) is 7.75. The Labute approximate surface area is 201 Å². The number of nitrogens with zero attached hydrogens (tertiary/aromatic N) is 4. The van der Waals surface area contributed by atoms with Gasteiger partial charge in [-0.3, -0.25) is 19.6 Å². The number of thioether (sulfide) groups is 1. The average Bonchev–Trinajstić information content (AvgIpc) is 3.53. The number of carboxylic acid groups (broad SMARTS) is 1. The van der Waals surface area contributed by atoms with Crippen LogP contribution in [0.4, 0.5) is 0 Å². The largest absolute Gasteiger partial charge is 0.543 e. The van der Waals surface area contributed by atoms with E-state index in [-0.39, 0.29) is 11.4 Å². The molecule has 0 spiro atoms. The van der Waals surface area contributed by atoms with Crippen LogP contribution in [0.25, 0.3) is 10.2 Å². The van der Waals surface area contributed by atoms with Crippen LogP contribution in [-0.4, -0.2) is 62.9 Å². The lowest BCUT2D eigenvalue weighted by molar-refractivity contribution is -0.663. The van der Waals surface area contributed by atoms with E-state index in [2.05, 4.69) is 20.7 Å². The molecule has 2 aliphatic rings. The molecule has 0 aromatic carbocycles. The van der Waals surface area contributed by atoms with E-state index in [1.165, 1.54) is 36.0 Å². The van der Waals surface area contributed by atoms with Crippen LogP contribution in [0.1, 0.15) is 5.69 Å². The fraction of sp³-hybridized carbons (Fsp3) is 0.238. The van der Waals surface area contributed by atoms with Crippen molar-refractivity contribution in [3.05, 3.63) is 59.0 Å². The van der Waals surface area contributed by atoms with E-state index in [0.717, 1.165) is 10.2 Å². The molecule has 5 heterocycles. The number of oxime groups is 1. The summed E-state index contributed by atoms with van der Waals surface area (Å²) in [5.74, 6) is -2.22. The Morgan fingerprint density at radius 3 is 3.00 bits per heavy atom. The van der Waals surface area contributed by atoms with Gasteiger partial charge in [0.25, 0.3) is 11.8 Å². The second kappa shape index (κ2) is 8.91. The minimum absolute atomic E-state index is 0.0799. The van der Waals surface area contributed by atoms with Crippen LogP contribution >= 0.6 is 23.1 Å². The number of aliphatic carboxylic acids is 1. The van der Waals surface area contributed by atoms with Crippen molar-refractivity contribution in [1.29, 1.82) is 0 Å². The van der Waals surface area contributed by atoms with Crippen molar-refractivity contribution < 1.29 is 28.9 Å². The number of fused-ring (bicyclic) bond motifs is 2. The van der Waals surface area contributed by atoms with Gasteiger partial charge >= 0.3 is 0 Å². The highest BCUT2D eigenvalue weighted by atomic mass is 32.2. The van der Waals surface area contributed by atoms with Crippen LogP contribution in [-0.2, 0) is 25.8 Å². The summed E-state index contributed by atoms with van der Waals surface area (Å²) in [4.78, 5) is 43.7. The summed E-state index contributed by atoms with van der Waals surface area (Å²) in [5, 5.41) is 26.2. The summed E-state index contributed by atoms with van der Waals surface area (Å²) in [6.45, 7) is 0.308. The molecule has 3 aromatic heterocycles. The van der Waals surface area contributed by atoms with Crippen molar-refractivity contribution in [1.82, 2.24) is 20.4 Å². The fourth-order valence-corrected chi connectivity index (χ4v) is 6.17. The third kappa shape index (κ3) is 3.72. The first-order chi connectivity index (χ1) is 16.5. The number of aromatic amines is 1. The molecule has 0 bridgehead atoms. The van der Waals surface area contributed by atoms with Crippen LogP contribution in [0.2, 0.25) is 0 Å². The topological polar surface area (TPSA) is 144 Å². The fourth-order valence-electron chi connectivity index (χ4n) is 4.03. The van der Waals surface area contributed by atoms with Crippen LogP contribution < -0.4 is 15.0 Å². The van der Waals surface area contributed by atoms with E-state index in [1.807, 2.05) is 34.3 Å². The van der Waals surface area contributed by atoms with Crippen molar-refractivity contribution in [2.24, 2.45) is 5.16 Å². The Morgan fingerprint density at radius 2 is 2.26 bits per heavy atom. The van der Waals surface area contributed by atoms with Crippen molar-refractivity contribution in [3.8, 4) is 0 Å². The van der Waals surface area contributed by atoms with Gasteiger partial charge in [-0.25, -0.2) is 0 Å². The van der Waals surface area contributed by atoms with E-state index in [4.69, 9.17) is 4.84 Å². The molecule has 34 heavy (non-hydrogen) atoms. The SMILES string of the molecule is CO/N=C(\C(=O)NC1C(=O)N2C(C(=O)[O-])=C(C[n+]3cccc4sccc43)CS[C@H]12)c1ccn[nH]1. The number of rotatable bonds is 7. The number of hydrogen-bond acceptors (Lipinski definition) is 9. The summed E-state index contributed by atoms with van der Waals surface area (Å²) < 4.78 is 3.03. The molecule has 0 aliphatic carbocycles. The van der Waals surface area contributed by atoms with Gasteiger partial charge in [0.05, 0.1) is 22.1 Å². The Bertz CT molecular complexity index is 1350. The number of carbonyl (C=O) groups excluding carboxylic acids is 3. The van der Waals surface area contributed by atoms with Crippen molar-refractivity contribution in [2.75, 3.05) is 12.9 Å². The van der Waals surface area contributed by atoms with E-state index < -0.39 is 29.2 Å². The second-order valence-electron chi connectivity index (χ2n) is 7.50. The van der Waals surface area contributed by atoms with Gasteiger partial charge in [0.15, 0.2) is 18.5 Å². The first kappa shape index (κ1) is 22.1. The highest BCUT2D eigenvalue weighted by Gasteiger charge is 2.53. The highest BCUT2D eigenvalue weighted by Crippen LogP contribution is 2.40. The quantitative estimate of drug-likeness (QED) is 0.191. The number of thiophene rings is 1. The Morgan fingerprint density at radius 1 is 1.41 bits per heavy atom. The molecule has 1 unspecified atom stereocenters. The highest BCUT2D eigenvalue weighted by molar-refractivity contribution is 8.00. The third-order valence-electron chi connectivity index (χ3n) is 5.54. The molecule has 0 saturated carbocycles. The van der Waals surface area contributed by atoms with Gasteiger partial charge in [0, 0.05) is 29.7 Å². The molecule has 13 heteroatoms. The molecule has 1 saturated heterocycles. The van der Waals surface area contributed by atoms with Crippen molar-refractivity contribution >= 4 is 56.8 Å². The maximum absolute atomic E-state index is 13.0. The average molecular weight is 499 g/mol. The number of H-pyrrole nitrogens is 1. The second-order valence-corrected chi connectivity index (χ2v) is 9.55. The van der Waals surface area contributed by atoms with E-state index in [9.17, 15) is 19.5 Å². The number of carbonyl (C=O) groups is 3. The molecular formula is C21H18N6O5S2. The minimum Gasteiger partial charge on any atom is -0.543 e. The molecule has 0 radical (unpaired) electrons. The predicted octanol–water partition coefficient (Wildman–Crippen LogP) is -0.633. The van der Waals surface area contributed by atoms with E-state index in [1.54, 1.807) is 11.3 Å². The minimum atomic E-state index is -1.42. The summed E-state index contributed by atoms with van der Waals surface area (Å²) in [6, 6.07) is 6.49. The molecule has 2 amide bonds. The van der Waals surface area contributed by atoms with Gasteiger partial charge in [-0.2, -0.15) is 9.67 Å². The number of β-lactam (4-membered cyclic amide) rings is 1. The van der Waals surface area contributed by atoms with Gasteiger partial charge in [0.2, 0.25) is 5.52 Å². The number of aromatic nitrogens is 3. The Hall–Kier alpha value is -3.71. The monoisotopic (exact) mass is 498 g/mol. The Balaban J connectivity index is 1.38. The molecule has 2 aliphatic heterocycles. The molecule has 3 aromatic rings. The van der Waals surface area contributed by atoms with Crippen LogP contribution in [0.5, 0.6) is 0 Å². The Kier molecular flexibility index (Phi) is 5.79. The lowest BCUT2D eigenvalue weighted by Gasteiger charge is -2.50. The molecule has 174 valence electrons. The van der Waals surface area contributed by atoms with E-state index >= 15 is 0 Å². The van der Waals surface area contributed by atoms with Crippen molar-refractivity contribution in [2.45, 2.75) is 18.0 Å². The smallest absolute Gasteiger partial charge is 0.276 e. The van der Waals surface area contributed by atoms with Gasteiger partial charge in [-0.05, 0) is 17.5 Å². The van der Waals surface area contributed by atoms with Gasteiger partial charge in [0.1, 0.15) is 18.5 Å². The van der Waals surface area contributed by atoms with Crippen molar-refractivity contribution in [3.63, 3.8) is 0 Å². The van der Waals surface area contributed by atoms with Crippen LogP contribution in [0, 0.1) is 0 Å². The molecule has 11 nitrogen and oxygen atoms in total. The zero-order chi connectivity index (χ0) is 23.8. The van der Waals surface area contributed by atoms with Crippen LogP contribution in [0.15, 0.2) is 58.5 Å². The van der Waals surface area contributed by atoms with E-state index in [0.29, 0.717) is 23.6 Å². The first-order valence-corrected chi connectivity index (χ1v) is 12.1. The maximum Gasteiger partial charge on any atom is 0.276 e. The molecule has 5 rings (SSSR count). The first-order valence-electron chi connectivity index (χ1n) is 10.1. The van der Waals surface area contributed by atoms with Crippen LogP contribution in [0.3, 0.4) is 0 Å². The summed E-state index contributed by atoms with van der Waals surface area (Å²) in [6.07, 6.45) is 3.33. The maximum atomic E-state index is 13.0. The zero-order valence-electron chi connectivity index (χ0n) is 17.8.